The van der Waals surface area contributed by atoms with Gasteiger partial charge in [-0.1, -0.05) is 23.9 Å². The minimum atomic E-state index is -0.815. The summed E-state index contributed by atoms with van der Waals surface area (Å²) in [6.07, 6.45) is 0.0507. The Bertz CT molecular complexity index is 432. The summed E-state index contributed by atoms with van der Waals surface area (Å²) in [6, 6.07) is 7.41. The number of aliphatic imine (C=N–C) groups is 1. The maximum Gasteiger partial charge on any atom is 0.307 e. The standard InChI is InChI=1S/C11H12N2O2S/c14-10(15)7-8-2-1-3-9(6-8)13-11-12-4-5-16-11/h1-3,6H,4-5,7H2,(H,12,13)(H,14,15). The Hall–Kier alpha value is -1.49. The van der Waals surface area contributed by atoms with Gasteiger partial charge in [0.25, 0.3) is 0 Å². The first-order chi connectivity index (χ1) is 7.74. The third-order valence-corrected chi connectivity index (χ3v) is 3.01. The Morgan fingerprint density at radius 1 is 1.56 bits per heavy atom. The number of benzene rings is 1. The molecule has 0 aromatic heterocycles. The van der Waals surface area contributed by atoms with Gasteiger partial charge in [0.05, 0.1) is 13.0 Å². The van der Waals surface area contributed by atoms with Crippen LogP contribution in [0.4, 0.5) is 5.69 Å². The zero-order valence-electron chi connectivity index (χ0n) is 8.64. The van der Waals surface area contributed by atoms with Crippen LogP contribution in [-0.4, -0.2) is 28.5 Å². The summed E-state index contributed by atoms with van der Waals surface area (Å²) in [7, 11) is 0. The molecule has 0 radical (unpaired) electrons. The Balaban J connectivity index is 2.06. The highest BCUT2D eigenvalue weighted by Gasteiger charge is 2.07. The summed E-state index contributed by atoms with van der Waals surface area (Å²) < 4.78 is 0. The molecule has 0 atom stereocenters. The first-order valence-corrected chi connectivity index (χ1v) is 5.97. The highest BCUT2D eigenvalue weighted by molar-refractivity contribution is 8.14. The molecule has 5 heteroatoms. The molecule has 0 fully saturated rings. The number of carboxylic acid groups (broad SMARTS) is 1. The number of nitrogens with zero attached hydrogens (tertiary/aromatic N) is 1. The van der Waals surface area contributed by atoms with Crippen LogP contribution in [0.15, 0.2) is 29.3 Å². The zero-order chi connectivity index (χ0) is 11.4. The second-order valence-corrected chi connectivity index (χ2v) is 4.51. The van der Waals surface area contributed by atoms with Crippen LogP contribution >= 0.6 is 11.8 Å². The lowest BCUT2D eigenvalue weighted by molar-refractivity contribution is -0.136. The summed E-state index contributed by atoms with van der Waals surface area (Å²) in [5, 5.41) is 12.8. The van der Waals surface area contributed by atoms with E-state index in [9.17, 15) is 4.79 Å². The summed E-state index contributed by atoms with van der Waals surface area (Å²) in [5.74, 6) is 0.196. The van der Waals surface area contributed by atoms with Gasteiger partial charge in [-0.2, -0.15) is 0 Å². The number of hydrogen-bond donors (Lipinski definition) is 2. The summed E-state index contributed by atoms with van der Waals surface area (Å²) in [5.41, 5.74) is 1.69. The van der Waals surface area contributed by atoms with Gasteiger partial charge in [-0.3, -0.25) is 9.79 Å². The average molecular weight is 236 g/mol. The number of amidine groups is 1. The number of aliphatic carboxylic acids is 1. The molecule has 1 aliphatic rings. The largest absolute Gasteiger partial charge is 0.481 e. The zero-order valence-corrected chi connectivity index (χ0v) is 9.46. The number of thioether (sulfide) groups is 1. The van der Waals surface area contributed by atoms with Crippen LogP contribution in [0.3, 0.4) is 0 Å². The van der Waals surface area contributed by atoms with Crippen molar-refractivity contribution in [3.8, 4) is 0 Å². The molecular weight excluding hydrogens is 224 g/mol. The Morgan fingerprint density at radius 2 is 2.44 bits per heavy atom. The fourth-order valence-corrected chi connectivity index (χ4v) is 2.22. The predicted molar refractivity (Wildman–Crippen MR) is 66.2 cm³/mol. The Morgan fingerprint density at radius 3 is 3.12 bits per heavy atom. The van der Waals surface area contributed by atoms with Crippen LogP contribution in [0.5, 0.6) is 0 Å². The predicted octanol–water partition coefficient (Wildman–Crippen LogP) is 1.83. The van der Waals surface area contributed by atoms with Gasteiger partial charge in [0.1, 0.15) is 0 Å². The van der Waals surface area contributed by atoms with E-state index in [1.807, 2.05) is 24.3 Å². The summed E-state index contributed by atoms with van der Waals surface area (Å²) in [4.78, 5) is 14.9. The maximum absolute atomic E-state index is 10.6. The second kappa shape index (κ2) is 5.03. The highest BCUT2D eigenvalue weighted by atomic mass is 32.2. The third kappa shape index (κ3) is 3.00. The quantitative estimate of drug-likeness (QED) is 0.840. The molecule has 4 nitrogen and oxygen atoms in total. The van der Waals surface area contributed by atoms with Crippen LogP contribution in [0.2, 0.25) is 0 Å². The van der Waals surface area contributed by atoms with Crippen molar-refractivity contribution in [2.24, 2.45) is 4.99 Å². The van der Waals surface area contributed by atoms with E-state index < -0.39 is 5.97 Å². The van der Waals surface area contributed by atoms with Crippen molar-refractivity contribution in [3.63, 3.8) is 0 Å². The molecule has 1 aromatic carbocycles. The molecule has 0 amide bonds. The number of carboxylic acids is 1. The van der Waals surface area contributed by atoms with E-state index in [2.05, 4.69) is 10.3 Å². The molecule has 0 spiro atoms. The normalized spacial score (nSPS) is 14.6. The van der Waals surface area contributed by atoms with Crippen molar-refractivity contribution in [2.45, 2.75) is 6.42 Å². The molecule has 84 valence electrons. The lowest BCUT2D eigenvalue weighted by atomic mass is 10.1. The lowest BCUT2D eigenvalue weighted by Gasteiger charge is -2.06. The van der Waals surface area contributed by atoms with Gasteiger partial charge in [0.15, 0.2) is 5.17 Å². The molecule has 0 saturated carbocycles. The summed E-state index contributed by atoms with van der Waals surface area (Å²) in [6.45, 7) is 0.849. The van der Waals surface area contributed by atoms with Gasteiger partial charge in [-0.15, -0.1) is 0 Å². The highest BCUT2D eigenvalue weighted by Crippen LogP contribution is 2.17. The molecule has 2 rings (SSSR count). The molecule has 16 heavy (non-hydrogen) atoms. The average Bonchev–Trinajstić information content (AvgIpc) is 2.70. The maximum atomic E-state index is 10.6. The van der Waals surface area contributed by atoms with Crippen molar-refractivity contribution in [2.75, 3.05) is 17.6 Å². The SMILES string of the molecule is O=C(O)Cc1cccc(NC2=NCCS2)c1. The fraction of sp³-hybridized carbons (Fsp3) is 0.273. The Kier molecular flexibility index (Phi) is 3.46. The Labute approximate surface area is 97.8 Å². The van der Waals surface area contributed by atoms with E-state index in [0.717, 1.165) is 28.7 Å². The third-order valence-electron chi connectivity index (χ3n) is 2.12. The minimum Gasteiger partial charge on any atom is -0.481 e. The molecule has 0 saturated heterocycles. The van der Waals surface area contributed by atoms with Gasteiger partial charge in [-0.25, -0.2) is 0 Å². The van der Waals surface area contributed by atoms with Crippen molar-refractivity contribution < 1.29 is 9.90 Å². The van der Waals surface area contributed by atoms with Gasteiger partial charge in [-0.05, 0) is 17.7 Å². The number of hydrogen-bond acceptors (Lipinski definition) is 4. The van der Waals surface area contributed by atoms with Crippen molar-refractivity contribution in [3.05, 3.63) is 29.8 Å². The van der Waals surface area contributed by atoms with E-state index in [0.29, 0.717) is 0 Å². The van der Waals surface area contributed by atoms with Gasteiger partial charge >= 0.3 is 5.97 Å². The first-order valence-electron chi connectivity index (χ1n) is 4.99. The number of rotatable bonds is 3. The van der Waals surface area contributed by atoms with E-state index >= 15 is 0 Å². The molecular formula is C11H12N2O2S. The van der Waals surface area contributed by atoms with Crippen molar-refractivity contribution in [1.29, 1.82) is 0 Å². The smallest absolute Gasteiger partial charge is 0.307 e. The molecule has 1 aromatic rings. The van der Waals surface area contributed by atoms with Crippen LogP contribution < -0.4 is 5.32 Å². The molecule has 0 unspecified atom stereocenters. The van der Waals surface area contributed by atoms with E-state index in [1.165, 1.54) is 0 Å². The van der Waals surface area contributed by atoms with Gasteiger partial charge in [0.2, 0.25) is 0 Å². The van der Waals surface area contributed by atoms with Crippen LogP contribution in [0.25, 0.3) is 0 Å². The second-order valence-electron chi connectivity index (χ2n) is 3.43. The van der Waals surface area contributed by atoms with Gasteiger partial charge in [0, 0.05) is 11.4 Å². The molecule has 0 aliphatic carbocycles. The number of carbonyl (C=O) groups is 1. The minimum absolute atomic E-state index is 0.0507. The summed E-state index contributed by atoms with van der Waals surface area (Å²) >= 11 is 1.68. The molecule has 1 aliphatic heterocycles. The first kappa shape index (κ1) is 11.0. The topological polar surface area (TPSA) is 61.7 Å². The van der Waals surface area contributed by atoms with Crippen LogP contribution in [0, 0.1) is 0 Å². The van der Waals surface area contributed by atoms with E-state index in [4.69, 9.17) is 5.11 Å². The monoisotopic (exact) mass is 236 g/mol. The van der Waals surface area contributed by atoms with E-state index in [-0.39, 0.29) is 6.42 Å². The number of anilines is 1. The van der Waals surface area contributed by atoms with Crippen molar-refractivity contribution >= 4 is 28.6 Å². The lowest BCUT2D eigenvalue weighted by Crippen LogP contribution is -2.06. The van der Waals surface area contributed by atoms with Gasteiger partial charge < -0.3 is 10.4 Å². The van der Waals surface area contributed by atoms with Crippen LogP contribution in [0.1, 0.15) is 5.56 Å². The fourth-order valence-electron chi connectivity index (χ4n) is 1.47. The van der Waals surface area contributed by atoms with Crippen LogP contribution in [-0.2, 0) is 11.2 Å². The van der Waals surface area contributed by atoms with E-state index in [1.54, 1.807) is 11.8 Å². The number of nitrogens with one attached hydrogen (secondary N) is 1. The molecule has 0 bridgehead atoms. The molecule has 2 N–H and O–H groups in total. The molecule has 1 heterocycles. The van der Waals surface area contributed by atoms with Crippen molar-refractivity contribution in [1.82, 2.24) is 0 Å².